The first-order chi connectivity index (χ1) is 15.0. The van der Waals surface area contributed by atoms with Crippen LogP contribution in [0.4, 0.5) is 8.78 Å². The van der Waals surface area contributed by atoms with Crippen LogP contribution in [-0.2, 0) is 18.9 Å². The molecular weight excluding hydrogens is 400 g/mol. The average Bonchev–Trinajstić information content (AvgIpc) is 3.46. The minimum absolute atomic E-state index is 0.322. The Hall–Kier alpha value is -3.49. The Morgan fingerprint density at radius 3 is 2.39 bits per heavy atom. The normalized spacial score (nSPS) is 11.7. The molecule has 2 aromatic heterocycles. The van der Waals surface area contributed by atoms with Crippen molar-refractivity contribution in [2.75, 3.05) is 0 Å². The molecule has 0 saturated heterocycles. The van der Waals surface area contributed by atoms with Gasteiger partial charge in [-0.25, -0.2) is 14.8 Å². The number of rotatable bonds is 8. The molecule has 0 saturated carbocycles. The van der Waals surface area contributed by atoms with Crippen molar-refractivity contribution in [2.45, 2.75) is 45.6 Å². The van der Waals surface area contributed by atoms with E-state index >= 15 is 0 Å². The molecule has 4 rings (SSSR count). The van der Waals surface area contributed by atoms with Crippen LogP contribution < -0.4 is 0 Å². The average molecular weight is 423 g/mol. The predicted molar refractivity (Wildman–Crippen MR) is 112 cm³/mol. The molecule has 0 amide bonds. The van der Waals surface area contributed by atoms with Crippen LogP contribution in [0.3, 0.4) is 0 Å². The third-order valence-electron chi connectivity index (χ3n) is 5.11. The predicted octanol–water partition coefficient (Wildman–Crippen LogP) is 4.63. The van der Waals surface area contributed by atoms with Crippen LogP contribution in [0.5, 0.6) is 0 Å². The molecule has 9 heteroatoms. The lowest BCUT2D eigenvalue weighted by Gasteiger charge is -2.09. The van der Waals surface area contributed by atoms with Crippen molar-refractivity contribution < 1.29 is 8.78 Å². The zero-order valence-electron chi connectivity index (χ0n) is 17.4. The van der Waals surface area contributed by atoms with Gasteiger partial charge in [0.15, 0.2) is 5.82 Å². The number of nitrogens with zero attached hydrogens (tertiary/aromatic N) is 6. The summed E-state index contributed by atoms with van der Waals surface area (Å²) in [5.74, 6) is -2.27. The van der Waals surface area contributed by atoms with Crippen LogP contribution in [0.2, 0.25) is 0 Å². The highest BCUT2D eigenvalue weighted by atomic mass is 19.3. The van der Waals surface area contributed by atoms with Gasteiger partial charge in [0.2, 0.25) is 5.82 Å². The van der Waals surface area contributed by atoms with E-state index in [1.165, 1.54) is 6.92 Å². The third-order valence-corrected chi connectivity index (χ3v) is 5.11. The number of alkyl halides is 2. The molecule has 0 aliphatic rings. The number of benzene rings is 2. The Labute approximate surface area is 178 Å². The molecule has 0 radical (unpaired) electrons. The number of halogens is 2. The van der Waals surface area contributed by atoms with Gasteiger partial charge in [-0.2, -0.15) is 8.78 Å². The van der Waals surface area contributed by atoms with Crippen molar-refractivity contribution in [1.29, 1.82) is 0 Å². The molecule has 31 heavy (non-hydrogen) atoms. The summed E-state index contributed by atoms with van der Waals surface area (Å²) in [4.78, 5) is 4.17. The Balaban J connectivity index is 1.61. The van der Waals surface area contributed by atoms with Gasteiger partial charge in [-0.05, 0) is 33.5 Å². The summed E-state index contributed by atoms with van der Waals surface area (Å²) in [5, 5.41) is 18.2. The summed E-state index contributed by atoms with van der Waals surface area (Å²) in [6.07, 6.45) is 0.901. The number of nitrogens with one attached hydrogen (secondary N) is 1. The van der Waals surface area contributed by atoms with E-state index in [1.807, 2.05) is 55.5 Å². The number of aryl methyl sites for hydroxylation is 1. The molecule has 0 atom stereocenters. The minimum Gasteiger partial charge on any atom is -0.249 e. The summed E-state index contributed by atoms with van der Waals surface area (Å²) >= 11 is 0. The molecule has 0 bridgehead atoms. The van der Waals surface area contributed by atoms with Gasteiger partial charge in [-0.1, -0.05) is 62.4 Å². The fraction of sp³-hybridized carbons (Fsp3) is 0.318. The maximum atomic E-state index is 14.1. The van der Waals surface area contributed by atoms with Gasteiger partial charge in [-0.3, -0.25) is 0 Å². The largest absolute Gasteiger partial charge is 0.308 e. The first kappa shape index (κ1) is 20.8. The van der Waals surface area contributed by atoms with E-state index in [0.29, 0.717) is 24.6 Å². The maximum Gasteiger partial charge on any atom is 0.308 e. The molecule has 0 fully saturated rings. The number of H-pyrrole nitrogens is 1. The Morgan fingerprint density at radius 1 is 1.00 bits per heavy atom. The zero-order valence-corrected chi connectivity index (χ0v) is 17.4. The van der Waals surface area contributed by atoms with Crippen LogP contribution in [0.1, 0.15) is 43.9 Å². The van der Waals surface area contributed by atoms with Crippen LogP contribution in [0.25, 0.3) is 22.5 Å². The summed E-state index contributed by atoms with van der Waals surface area (Å²) < 4.78 is 29.8. The second kappa shape index (κ2) is 8.71. The highest BCUT2D eigenvalue weighted by Gasteiger charge is 2.35. The molecule has 2 aromatic carbocycles. The van der Waals surface area contributed by atoms with Gasteiger partial charge in [0.1, 0.15) is 5.82 Å². The monoisotopic (exact) mass is 423 g/mol. The SMILES string of the molecule is CCCn1nc(C(F)(F)CC)nc1Cc1ccc(-c2ccccc2-c2nnn[nH]2)cc1. The Morgan fingerprint density at radius 2 is 1.74 bits per heavy atom. The van der Waals surface area contributed by atoms with E-state index in [9.17, 15) is 8.78 Å². The second-order valence-electron chi connectivity index (χ2n) is 7.30. The van der Waals surface area contributed by atoms with Crippen molar-refractivity contribution in [3.05, 3.63) is 65.7 Å². The summed E-state index contributed by atoms with van der Waals surface area (Å²) in [5.41, 5.74) is 3.86. The molecular formula is C22H23F2N7. The van der Waals surface area contributed by atoms with Gasteiger partial charge >= 0.3 is 5.92 Å². The van der Waals surface area contributed by atoms with Crippen molar-refractivity contribution in [3.63, 3.8) is 0 Å². The lowest BCUT2D eigenvalue weighted by molar-refractivity contribution is -0.0177. The van der Waals surface area contributed by atoms with Gasteiger partial charge in [-0.15, -0.1) is 10.2 Å². The van der Waals surface area contributed by atoms with Crippen LogP contribution in [-0.4, -0.2) is 35.4 Å². The molecule has 2 heterocycles. The highest BCUT2D eigenvalue weighted by molar-refractivity contribution is 5.80. The standard InChI is InChI=1S/C22H23F2N7/c1-3-13-31-19(25-21(28-31)22(23,24)4-2)14-15-9-11-16(12-10-15)17-7-5-6-8-18(17)20-26-29-30-27-20/h5-12H,3-4,13-14H2,1-2H3,(H,26,27,29,30). The van der Waals surface area contributed by atoms with Crippen LogP contribution in [0.15, 0.2) is 48.5 Å². The lowest BCUT2D eigenvalue weighted by Crippen LogP contribution is -2.14. The van der Waals surface area contributed by atoms with Crippen molar-refractivity contribution in [2.24, 2.45) is 0 Å². The van der Waals surface area contributed by atoms with Gasteiger partial charge < -0.3 is 0 Å². The Bertz CT molecular complexity index is 1140. The first-order valence-corrected chi connectivity index (χ1v) is 10.3. The maximum absolute atomic E-state index is 14.1. The molecule has 4 aromatic rings. The molecule has 0 spiro atoms. The van der Waals surface area contributed by atoms with Gasteiger partial charge in [0.25, 0.3) is 0 Å². The molecule has 0 aliphatic heterocycles. The first-order valence-electron chi connectivity index (χ1n) is 10.3. The van der Waals surface area contributed by atoms with Crippen LogP contribution in [0, 0.1) is 0 Å². The highest BCUT2D eigenvalue weighted by Crippen LogP contribution is 2.31. The molecule has 1 N–H and O–H groups in total. The Kier molecular flexibility index (Phi) is 5.83. The van der Waals surface area contributed by atoms with Gasteiger partial charge in [0, 0.05) is 24.9 Å². The van der Waals surface area contributed by atoms with Crippen molar-refractivity contribution in [3.8, 4) is 22.5 Å². The summed E-state index contributed by atoms with van der Waals surface area (Å²) in [6, 6.07) is 15.8. The van der Waals surface area contributed by atoms with E-state index in [4.69, 9.17) is 0 Å². The fourth-order valence-electron chi connectivity index (χ4n) is 3.41. The zero-order chi connectivity index (χ0) is 21.8. The second-order valence-corrected chi connectivity index (χ2v) is 7.30. The third kappa shape index (κ3) is 4.35. The van der Waals surface area contributed by atoms with Gasteiger partial charge in [0.05, 0.1) is 0 Å². The van der Waals surface area contributed by atoms with Crippen molar-refractivity contribution >= 4 is 0 Å². The van der Waals surface area contributed by atoms with E-state index in [0.717, 1.165) is 28.7 Å². The van der Waals surface area contributed by atoms with Crippen LogP contribution >= 0.6 is 0 Å². The topological polar surface area (TPSA) is 85.2 Å². The molecule has 160 valence electrons. The minimum atomic E-state index is -3.02. The van der Waals surface area contributed by atoms with E-state index < -0.39 is 11.7 Å². The number of aromatic amines is 1. The molecule has 0 unspecified atom stereocenters. The summed E-state index contributed by atoms with van der Waals surface area (Å²) in [7, 11) is 0. The fourth-order valence-corrected chi connectivity index (χ4v) is 3.41. The van der Waals surface area contributed by atoms with E-state index in [1.54, 1.807) is 4.68 Å². The number of tetrazole rings is 1. The smallest absolute Gasteiger partial charge is 0.249 e. The van der Waals surface area contributed by atoms with E-state index in [2.05, 4.69) is 30.7 Å². The molecule has 0 aliphatic carbocycles. The van der Waals surface area contributed by atoms with Crippen molar-refractivity contribution in [1.82, 2.24) is 35.4 Å². The number of hydrogen-bond donors (Lipinski definition) is 1. The van der Waals surface area contributed by atoms with E-state index in [-0.39, 0.29) is 6.42 Å². The number of aromatic nitrogens is 7. The summed E-state index contributed by atoms with van der Waals surface area (Å²) in [6.45, 7) is 3.98. The quantitative estimate of drug-likeness (QED) is 0.447. The molecule has 7 nitrogen and oxygen atoms in total. The number of hydrogen-bond acceptors (Lipinski definition) is 5. The lowest BCUT2D eigenvalue weighted by atomic mass is 9.98.